The van der Waals surface area contributed by atoms with Gasteiger partial charge in [-0.1, -0.05) is 60.8 Å². The maximum absolute atomic E-state index is 11.9. The van der Waals surface area contributed by atoms with Crippen molar-refractivity contribution in [3.8, 4) is 17.1 Å². The van der Waals surface area contributed by atoms with Gasteiger partial charge in [0.25, 0.3) is 5.91 Å². The monoisotopic (exact) mass is 478 g/mol. The molecule has 31 heavy (non-hydrogen) atoms. The molecule has 1 N–H and O–H groups in total. The summed E-state index contributed by atoms with van der Waals surface area (Å²) in [4.78, 5) is 11.9. The summed E-state index contributed by atoms with van der Waals surface area (Å²) >= 11 is 18.2. The molecule has 0 aliphatic carbocycles. The van der Waals surface area contributed by atoms with Crippen molar-refractivity contribution in [3.63, 3.8) is 0 Å². The smallest absolute Gasteiger partial charge is 0.277 e. The second kappa shape index (κ2) is 10.7. The van der Waals surface area contributed by atoms with Crippen molar-refractivity contribution in [2.24, 2.45) is 5.10 Å². The van der Waals surface area contributed by atoms with E-state index in [1.165, 1.54) is 11.8 Å². The molecule has 5 nitrogen and oxygen atoms in total. The molecule has 1 heterocycles. The third kappa shape index (κ3) is 6.26. The van der Waals surface area contributed by atoms with E-state index >= 15 is 0 Å². The van der Waals surface area contributed by atoms with Gasteiger partial charge in [-0.15, -0.1) is 0 Å². The minimum Gasteiger partial charge on any atom is -0.484 e. The third-order valence-corrected chi connectivity index (χ3v) is 5.75. The lowest BCUT2D eigenvalue weighted by Crippen LogP contribution is -2.24. The molecule has 0 saturated heterocycles. The van der Waals surface area contributed by atoms with Crippen LogP contribution in [0.15, 0.2) is 58.0 Å². The average molecular weight is 480 g/mol. The molecule has 3 rings (SSSR count). The van der Waals surface area contributed by atoms with Crippen molar-refractivity contribution < 1.29 is 13.9 Å². The molecule has 8 heteroatoms. The number of carbonyl (C=O) groups is 1. The zero-order valence-electron chi connectivity index (χ0n) is 17.0. The lowest BCUT2D eigenvalue weighted by molar-refractivity contribution is -0.123. The lowest BCUT2D eigenvalue weighted by atomic mass is 9.99. The zero-order valence-corrected chi connectivity index (χ0v) is 19.3. The molecule has 1 atom stereocenters. The predicted octanol–water partition coefficient (Wildman–Crippen LogP) is 6.95. The van der Waals surface area contributed by atoms with E-state index in [2.05, 4.69) is 24.4 Å². The number of hydrazone groups is 1. The van der Waals surface area contributed by atoms with E-state index in [1.54, 1.807) is 24.3 Å². The molecule has 0 aliphatic heterocycles. The summed E-state index contributed by atoms with van der Waals surface area (Å²) in [5.74, 6) is 1.66. The fraction of sp³-hybridized carbons (Fsp3) is 0.217. The van der Waals surface area contributed by atoms with Gasteiger partial charge in [0.15, 0.2) is 6.61 Å². The summed E-state index contributed by atoms with van der Waals surface area (Å²) in [5, 5.41) is 5.03. The van der Waals surface area contributed by atoms with Crippen molar-refractivity contribution >= 4 is 46.9 Å². The van der Waals surface area contributed by atoms with Crippen LogP contribution < -0.4 is 10.2 Å². The zero-order chi connectivity index (χ0) is 22.4. The summed E-state index contributed by atoms with van der Waals surface area (Å²) in [6.45, 7) is 4.16. The van der Waals surface area contributed by atoms with Gasteiger partial charge in [0, 0.05) is 5.56 Å². The molecule has 0 radical (unpaired) electrons. The van der Waals surface area contributed by atoms with Gasteiger partial charge in [-0.05, 0) is 54.3 Å². The highest BCUT2D eigenvalue weighted by atomic mass is 35.5. The summed E-state index contributed by atoms with van der Waals surface area (Å²) in [5.41, 5.74) is 4.24. The highest BCUT2D eigenvalue weighted by Gasteiger charge is 2.11. The third-order valence-electron chi connectivity index (χ3n) is 4.71. The number of hydrogen-bond donors (Lipinski definition) is 1. The molecule has 2 aromatic carbocycles. The molecule has 1 amide bonds. The Hall–Kier alpha value is -2.47. The van der Waals surface area contributed by atoms with Crippen LogP contribution in [-0.2, 0) is 4.79 Å². The van der Waals surface area contributed by atoms with E-state index in [4.69, 9.17) is 44.0 Å². The molecular formula is C23H21Cl3N2O3. The molecule has 0 aliphatic rings. The molecule has 0 spiro atoms. The highest BCUT2D eigenvalue weighted by Crippen LogP contribution is 2.35. The molecule has 1 aromatic heterocycles. The normalized spacial score (nSPS) is 12.2. The van der Waals surface area contributed by atoms with Crippen LogP contribution in [0.2, 0.25) is 15.1 Å². The number of hydrogen-bond acceptors (Lipinski definition) is 4. The van der Waals surface area contributed by atoms with Gasteiger partial charge in [-0.2, -0.15) is 5.10 Å². The number of halogens is 3. The quantitative estimate of drug-likeness (QED) is 0.216. The van der Waals surface area contributed by atoms with E-state index < -0.39 is 0 Å². The van der Waals surface area contributed by atoms with Crippen molar-refractivity contribution in [2.75, 3.05) is 6.61 Å². The first-order chi connectivity index (χ1) is 14.9. The van der Waals surface area contributed by atoms with Crippen LogP contribution in [0.25, 0.3) is 11.3 Å². The SMILES string of the molecule is CCC(C)c1ccc(OCC(=O)NN=Cc2ccc(-c3cc(Cl)c(Cl)cc3Cl)o2)cc1. The molecular weight excluding hydrogens is 459 g/mol. The largest absolute Gasteiger partial charge is 0.484 e. The van der Waals surface area contributed by atoms with Crippen LogP contribution in [0.3, 0.4) is 0 Å². The Morgan fingerprint density at radius 3 is 2.52 bits per heavy atom. The fourth-order valence-corrected chi connectivity index (χ4v) is 3.40. The van der Waals surface area contributed by atoms with Gasteiger partial charge in [0.1, 0.15) is 17.3 Å². The van der Waals surface area contributed by atoms with E-state index in [0.29, 0.717) is 43.8 Å². The Balaban J connectivity index is 1.52. The average Bonchev–Trinajstić information content (AvgIpc) is 3.23. The van der Waals surface area contributed by atoms with Crippen molar-refractivity contribution in [3.05, 3.63) is 74.9 Å². The summed E-state index contributed by atoms with van der Waals surface area (Å²) in [7, 11) is 0. The van der Waals surface area contributed by atoms with Crippen LogP contribution in [0.1, 0.15) is 37.5 Å². The second-order valence-corrected chi connectivity index (χ2v) is 8.13. The van der Waals surface area contributed by atoms with Crippen LogP contribution in [0.5, 0.6) is 5.75 Å². The molecule has 0 bridgehead atoms. The maximum Gasteiger partial charge on any atom is 0.277 e. The first-order valence-electron chi connectivity index (χ1n) is 9.66. The number of nitrogens with one attached hydrogen (secondary N) is 1. The van der Waals surface area contributed by atoms with Crippen molar-refractivity contribution in [2.45, 2.75) is 26.2 Å². The van der Waals surface area contributed by atoms with Gasteiger partial charge < -0.3 is 9.15 Å². The van der Waals surface area contributed by atoms with Gasteiger partial charge in [-0.3, -0.25) is 4.79 Å². The Morgan fingerprint density at radius 1 is 1.10 bits per heavy atom. The van der Waals surface area contributed by atoms with Crippen LogP contribution >= 0.6 is 34.8 Å². The molecule has 0 fully saturated rings. The minimum atomic E-state index is -0.387. The summed E-state index contributed by atoms with van der Waals surface area (Å²) in [6, 6.07) is 14.3. The fourth-order valence-electron chi connectivity index (χ4n) is 2.76. The van der Waals surface area contributed by atoms with E-state index in [1.807, 2.05) is 24.3 Å². The van der Waals surface area contributed by atoms with E-state index in [9.17, 15) is 4.79 Å². The molecule has 0 saturated carbocycles. The Labute approximate surface area is 195 Å². The lowest BCUT2D eigenvalue weighted by Gasteiger charge is -2.10. The first-order valence-corrected chi connectivity index (χ1v) is 10.8. The Morgan fingerprint density at radius 2 is 1.81 bits per heavy atom. The van der Waals surface area contributed by atoms with Crippen LogP contribution in [0.4, 0.5) is 0 Å². The van der Waals surface area contributed by atoms with Crippen LogP contribution in [-0.4, -0.2) is 18.7 Å². The number of nitrogens with zero attached hydrogens (tertiary/aromatic N) is 1. The summed E-state index contributed by atoms with van der Waals surface area (Å²) in [6.07, 6.45) is 2.45. The number of ether oxygens (including phenoxy) is 1. The number of amides is 1. The Kier molecular flexibility index (Phi) is 8.02. The second-order valence-electron chi connectivity index (χ2n) is 6.91. The topological polar surface area (TPSA) is 63.8 Å². The van der Waals surface area contributed by atoms with Gasteiger partial charge in [0.05, 0.1) is 21.3 Å². The van der Waals surface area contributed by atoms with E-state index in [-0.39, 0.29) is 12.5 Å². The van der Waals surface area contributed by atoms with Crippen molar-refractivity contribution in [1.29, 1.82) is 0 Å². The standard InChI is InChI=1S/C23H21Cl3N2O3/c1-3-14(2)15-4-6-16(7-5-15)30-13-23(29)28-27-12-17-8-9-22(31-17)18-10-20(25)21(26)11-19(18)24/h4-12,14H,3,13H2,1-2H3,(H,28,29). The number of rotatable bonds is 8. The van der Waals surface area contributed by atoms with Crippen molar-refractivity contribution in [1.82, 2.24) is 5.43 Å². The molecule has 3 aromatic rings. The first kappa shape index (κ1) is 23.2. The Bertz CT molecular complexity index is 1080. The van der Waals surface area contributed by atoms with Gasteiger partial charge in [-0.25, -0.2) is 5.43 Å². The molecule has 162 valence electrons. The maximum atomic E-state index is 11.9. The minimum absolute atomic E-state index is 0.150. The number of carbonyl (C=O) groups excluding carboxylic acids is 1. The number of benzene rings is 2. The van der Waals surface area contributed by atoms with Crippen LogP contribution in [0, 0.1) is 0 Å². The number of furan rings is 1. The van der Waals surface area contributed by atoms with E-state index in [0.717, 1.165) is 6.42 Å². The van der Waals surface area contributed by atoms with Gasteiger partial charge in [0.2, 0.25) is 0 Å². The van der Waals surface area contributed by atoms with Gasteiger partial charge >= 0.3 is 0 Å². The predicted molar refractivity (Wildman–Crippen MR) is 126 cm³/mol. The molecule has 1 unspecified atom stereocenters. The summed E-state index contributed by atoms with van der Waals surface area (Å²) < 4.78 is 11.2. The highest BCUT2D eigenvalue weighted by molar-refractivity contribution is 6.44.